The predicted molar refractivity (Wildman–Crippen MR) is 86.9 cm³/mol. The lowest BCUT2D eigenvalue weighted by molar-refractivity contribution is 0.0950. The number of halogens is 1. The van der Waals surface area contributed by atoms with Gasteiger partial charge in [-0.25, -0.2) is 4.39 Å². The van der Waals surface area contributed by atoms with Crippen molar-refractivity contribution in [3.8, 4) is 11.4 Å². The maximum atomic E-state index is 13.1. The molecule has 3 aromatic rings. The standard InChI is InChI=1S/C18H16FN3O2/c1-12(11-20-17(23)14-8-5-9-15(19)10-14)18-21-16(22-24-18)13-6-3-2-4-7-13/h2-10,12H,11H2,1H3,(H,20,23). The molecule has 0 saturated carbocycles. The highest BCUT2D eigenvalue weighted by Gasteiger charge is 2.16. The fraction of sp³-hybridized carbons (Fsp3) is 0.167. The smallest absolute Gasteiger partial charge is 0.251 e. The topological polar surface area (TPSA) is 68.0 Å². The average Bonchev–Trinajstić information content (AvgIpc) is 3.10. The predicted octanol–water partition coefficient (Wildman–Crippen LogP) is 3.41. The zero-order chi connectivity index (χ0) is 16.9. The average molecular weight is 325 g/mol. The Morgan fingerprint density at radius 1 is 1.21 bits per heavy atom. The number of rotatable bonds is 5. The van der Waals surface area contributed by atoms with Gasteiger partial charge in [0.05, 0.1) is 5.92 Å². The normalized spacial score (nSPS) is 11.9. The van der Waals surface area contributed by atoms with Crippen molar-refractivity contribution in [2.24, 2.45) is 0 Å². The Morgan fingerprint density at radius 3 is 2.75 bits per heavy atom. The summed E-state index contributed by atoms with van der Waals surface area (Å²) in [5, 5.41) is 6.70. The van der Waals surface area contributed by atoms with E-state index in [0.29, 0.717) is 18.3 Å². The van der Waals surface area contributed by atoms with Gasteiger partial charge >= 0.3 is 0 Å². The lowest BCUT2D eigenvalue weighted by Gasteiger charge is -2.08. The summed E-state index contributed by atoms with van der Waals surface area (Å²) in [5.41, 5.74) is 1.14. The van der Waals surface area contributed by atoms with Gasteiger partial charge in [0.2, 0.25) is 11.7 Å². The minimum Gasteiger partial charge on any atom is -0.351 e. The summed E-state index contributed by atoms with van der Waals surface area (Å²) in [4.78, 5) is 16.4. The number of hydrogen-bond donors (Lipinski definition) is 1. The van der Waals surface area contributed by atoms with Gasteiger partial charge in [-0.05, 0) is 18.2 Å². The van der Waals surface area contributed by atoms with Crippen LogP contribution in [0.1, 0.15) is 29.1 Å². The number of benzene rings is 2. The SMILES string of the molecule is CC(CNC(=O)c1cccc(F)c1)c1nc(-c2ccccc2)no1. The molecule has 1 unspecified atom stereocenters. The van der Waals surface area contributed by atoms with Gasteiger partial charge in [-0.1, -0.05) is 48.5 Å². The van der Waals surface area contributed by atoms with Gasteiger partial charge in [0, 0.05) is 17.7 Å². The fourth-order valence-corrected chi connectivity index (χ4v) is 2.20. The lowest BCUT2D eigenvalue weighted by Crippen LogP contribution is -2.27. The van der Waals surface area contributed by atoms with Crippen LogP contribution in [0.5, 0.6) is 0 Å². The maximum Gasteiger partial charge on any atom is 0.251 e. The summed E-state index contributed by atoms with van der Waals surface area (Å²) in [6.07, 6.45) is 0. The Kier molecular flexibility index (Phi) is 4.65. The van der Waals surface area contributed by atoms with Crippen molar-refractivity contribution >= 4 is 5.91 Å². The van der Waals surface area contributed by atoms with Crippen molar-refractivity contribution < 1.29 is 13.7 Å². The first-order valence-electron chi connectivity index (χ1n) is 7.56. The van der Waals surface area contributed by atoms with Crippen molar-refractivity contribution in [2.75, 3.05) is 6.54 Å². The Labute approximate surface area is 138 Å². The number of aromatic nitrogens is 2. The van der Waals surface area contributed by atoms with E-state index in [4.69, 9.17) is 4.52 Å². The number of carbonyl (C=O) groups excluding carboxylic acids is 1. The molecule has 0 aliphatic heterocycles. The largest absolute Gasteiger partial charge is 0.351 e. The molecule has 1 amide bonds. The molecule has 1 heterocycles. The molecule has 0 aliphatic rings. The Hall–Kier alpha value is -3.02. The Balaban J connectivity index is 1.62. The summed E-state index contributed by atoms with van der Waals surface area (Å²) in [5.74, 6) is -0.000903. The molecular weight excluding hydrogens is 309 g/mol. The van der Waals surface area contributed by atoms with E-state index in [1.807, 2.05) is 37.3 Å². The molecule has 1 N–H and O–H groups in total. The second-order valence-electron chi connectivity index (χ2n) is 5.44. The summed E-state index contributed by atoms with van der Waals surface area (Å²) in [6.45, 7) is 2.18. The van der Waals surface area contributed by atoms with E-state index in [1.165, 1.54) is 18.2 Å². The number of hydrogen-bond acceptors (Lipinski definition) is 4. The maximum absolute atomic E-state index is 13.1. The van der Waals surface area contributed by atoms with E-state index in [-0.39, 0.29) is 17.4 Å². The van der Waals surface area contributed by atoms with E-state index < -0.39 is 5.82 Å². The molecule has 1 atom stereocenters. The van der Waals surface area contributed by atoms with Gasteiger partial charge in [-0.2, -0.15) is 4.98 Å². The highest BCUT2D eigenvalue weighted by molar-refractivity contribution is 5.94. The van der Waals surface area contributed by atoms with Crippen LogP contribution >= 0.6 is 0 Å². The van der Waals surface area contributed by atoms with Crippen LogP contribution in [0.2, 0.25) is 0 Å². The second kappa shape index (κ2) is 7.04. The summed E-state index contributed by atoms with van der Waals surface area (Å²) >= 11 is 0. The Bertz CT molecular complexity index is 833. The zero-order valence-corrected chi connectivity index (χ0v) is 13.1. The number of nitrogens with zero attached hydrogens (tertiary/aromatic N) is 2. The first-order valence-corrected chi connectivity index (χ1v) is 7.56. The van der Waals surface area contributed by atoms with Crippen molar-refractivity contribution in [3.05, 3.63) is 71.9 Å². The van der Waals surface area contributed by atoms with Crippen LogP contribution in [0, 0.1) is 5.82 Å². The van der Waals surface area contributed by atoms with Crippen molar-refractivity contribution in [1.82, 2.24) is 15.5 Å². The molecular formula is C18H16FN3O2. The van der Waals surface area contributed by atoms with Gasteiger partial charge in [0.15, 0.2) is 0 Å². The van der Waals surface area contributed by atoms with Crippen LogP contribution in [0.3, 0.4) is 0 Å². The number of carbonyl (C=O) groups is 1. The van der Waals surface area contributed by atoms with Crippen molar-refractivity contribution in [1.29, 1.82) is 0 Å². The van der Waals surface area contributed by atoms with Crippen molar-refractivity contribution in [3.63, 3.8) is 0 Å². The molecule has 0 bridgehead atoms. The summed E-state index contributed by atoms with van der Waals surface area (Å²) in [6, 6.07) is 15.0. The van der Waals surface area contributed by atoms with Crippen molar-refractivity contribution in [2.45, 2.75) is 12.8 Å². The molecule has 3 rings (SSSR count). The minimum absolute atomic E-state index is 0.160. The highest BCUT2D eigenvalue weighted by atomic mass is 19.1. The second-order valence-corrected chi connectivity index (χ2v) is 5.44. The van der Waals surface area contributed by atoms with Crippen LogP contribution < -0.4 is 5.32 Å². The van der Waals surface area contributed by atoms with E-state index in [0.717, 1.165) is 5.56 Å². The monoisotopic (exact) mass is 325 g/mol. The molecule has 0 radical (unpaired) electrons. The lowest BCUT2D eigenvalue weighted by atomic mass is 10.1. The van der Waals surface area contributed by atoms with Gasteiger partial charge in [-0.15, -0.1) is 0 Å². The fourth-order valence-electron chi connectivity index (χ4n) is 2.20. The molecule has 24 heavy (non-hydrogen) atoms. The molecule has 0 saturated heterocycles. The number of amides is 1. The molecule has 5 nitrogen and oxygen atoms in total. The van der Waals surface area contributed by atoms with E-state index in [1.54, 1.807) is 6.07 Å². The third-order valence-electron chi connectivity index (χ3n) is 3.55. The zero-order valence-electron chi connectivity index (χ0n) is 13.1. The molecule has 0 spiro atoms. The molecule has 0 fully saturated rings. The Morgan fingerprint density at radius 2 is 2.00 bits per heavy atom. The first-order chi connectivity index (χ1) is 11.6. The van der Waals surface area contributed by atoms with Crippen LogP contribution in [-0.2, 0) is 0 Å². The van der Waals surface area contributed by atoms with Crippen LogP contribution in [0.4, 0.5) is 4.39 Å². The van der Waals surface area contributed by atoms with Crippen LogP contribution in [0.25, 0.3) is 11.4 Å². The molecule has 122 valence electrons. The van der Waals surface area contributed by atoms with E-state index >= 15 is 0 Å². The van der Waals surface area contributed by atoms with E-state index in [9.17, 15) is 9.18 Å². The number of nitrogens with one attached hydrogen (secondary N) is 1. The highest BCUT2D eigenvalue weighted by Crippen LogP contribution is 2.19. The van der Waals surface area contributed by atoms with Gasteiger partial charge in [-0.3, -0.25) is 4.79 Å². The third kappa shape index (κ3) is 3.65. The van der Waals surface area contributed by atoms with Gasteiger partial charge < -0.3 is 9.84 Å². The van der Waals surface area contributed by atoms with E-state index in [2.05, 4.69) is 15.5 Å². The van der Waals surface area contributed by atoms with Gasteiger partial charge in [0.1, 0.15) is 5.82 Å². The first kappa shape index (κ1) is 15.9. The molecule has 2 aromatic carbocycles. The minimum atomic E-state index is -0.444. The van der Waals surface area contributed by atoms with Crippen LogP contribution in [0.15, 0.2) is 59.1 Å². The molecule has 6 heteroatoms. The third-order valence-corrected chi connectivity index (χ3v) is 3.55. The van der Waals surface area contributed by atoms with Gasteiger partial charge in [0.25, 0.3) is 5.91 Å². The summed E-state index contributed by atoms with van der Waals surface area (Å²) in [7, 11) is 0. The molecule has 1 aromatic heterocycles. The summed E-state index contributed by atoms with van der Waals surface area (Å²) < 4.78 is 18.4. The van der Waals surface area contributed by atoms with Crippen LogP contribution in [-0.4, -0.2) is 22.6 Å². The quantitative estimate of drug-likeness (QED) is 0.780. The molecule has 0 aliphatic carbocycles.